The molecule has 3 heterocycles. The van der Waals surface area contributed by atoms with Crippen molar-refractivity contribution in [3.8, 4) is 16.3 Å². The molecule has 0 aliphatic carbocycles. The molecule has 0 amide bonds. The Bertz CT molecular complexity index is 1010. The number of ether oxygens (including phenoxy) is 1. The average molecular weight is 433 g/mol. The number of nitrogens with zero attached hydrogens (tertiary/aromatic N) is 3. The molecular formula is C20H24N4O3S2. The van der Waals surface area contributed by atoms with Crippen LogP contribution in [0.1, 0.15) is 6.42 Å². The molecule has 0 spiro atoms. The number of thiophene rings is 1. The van der Waals surface area contributed by atoms with Crippen LogP contribution in [-0.2, 0) is 14.8 Å². The minimum atomic E-state index is -3.68. The summed E-state index contributed by atoms with van der Waals surface area (Å²) in [5.74, 6) is 0. The van der Waals surface area contributed by atoms with Gasteiger partial charge >= 0.3 is 0 Å². The van der Waals surface area contributed by atoms with Crippen molar-refractivity contribution in [3.05, 3.63) is 54.0 Å². The van der Waals surface area contributed by atoms with E-state index in [0.717, 1.165) is 49.8 Å². The van der Waals surface area contributed by atoms with Gasteiger partial charge < -0.3 is 4.74 Å². The second-order valence-electron chi connectivity index (χ2n) is 6.80. The van der Waals surface area contributed by atoms with E-state index >= 15 is 0 Å². The zero-order valence-electron chi connectivity index (χ0n) is 16.0. The van der Waals surface area contributed by atoms with E-state index in [1.165, 1.54) is 11.3 Å². The average Bonchev–Trinajstić information content (AvgIpc) is 3.43. The van der Waals surface area contributed by atoms with Crippen LogP contribution < -0.4 is 4.72 Å². The van der Waals surface area contributed by atoms with Crippen LogP contribution in [0.3, 0.4) is 0 Å². The van der Waals surface area contributed by atoms with Crippen molar-refractivity contribution >= 4 is 21.4 Å². The maximum atomic E-state index is 13.1. The second kappa shape index (κ2) is 9.19. The molecule has 1 aliphatic rings. The van der Waals surface area contributed by atoms with E-state index in [-0.39, 0.29) is 4.90 Å². The van der Waals surface area contributed by atoms with Crippen LogP contribution in [0.2, 0.25) is 0 Å². The highest BCUT2D eigenvalue weighted by Gasteiger charge is 2.24. The molecule has 7 nitrogen and oxygen atoms in total. The highest BCUT2D eigenvalue weighted by Crippen LogP contribution is 2.30. The summed E-state index contributed by atoms with van der Waals surface area (Å²) in [6, 6.07) is 13.3. The van der Waals surface area contributed by atoms with Crippen LogP contribution in [0.25, 0.3) is 16.3 Å². The Morgan fingerprint density at radius 3 is 2.62 bits per heavy atom. The number of aromatic nitrogens is 2. The molecule has 0 bridgehead atoms. The van der Waals surface area contributed by atoms with Gasteiger partial charge in [-0.05, 0) is 36.5 Å². The lowest BCUT2D eigenvalue weighted by Gasteiger charge is -2.26. The molecule has 0 saturated carbocycles. The van der Waals surface area contributed by atoms with Crippen LogP contribution in [0.5, 0.6) is 0 Å². The van der Waals surface area contributed by atoms with Gasteiger partial charge in [0.2, 0.25) is 10.0 Å². The van der Waals surface area contributed by atoms with E-state index in [1.54, 1.807) is 10.9 Å². The Balaban J connectivity index is 1.51. The summed E-state index contributed by atoms with van der Waals surface area (Å²) in [7, 11) is -3.68. The van der Waals surface area contributed by atoms with Crippen LogP contribution in [0.15, 0.2) is 58.9 Å². The molecule has 0 radical (unpaired) electrons. The summed E-state index contributed by atoms with van der Waals surface area (Å²) in [4.78, 5) is 3.33. The fraction of sp³-hybridized carbons (Fsp3) is 0.350. The molecule has 1 saturated heterocycles. The molecule has 9 heteroatoms. The first kappa shape index (κ1) is 20.2. The van der Waals surface area contributed by atoms with Crippen LogP contribution in [0.4, 0.5) is 0 Å². The fourth-order valence-electron chi connectivity index (χ4n) is 3.26. The summed E-state index contributed by atoms with van der Waals surface area (Å²) in [5, 5.41) is 6.50. The molecule has 154 valence electrons. The first-order valence-corrected chi connectivity index (χ1v) is 12.0. The number of morpholine rings is 1. The predicted molar refractivity (Wildman–Crippen MR) is 114 cm³/mol. The zero-order chi connectivity index (χ0) is 20.1. The lowest BCUT2D eigenvalue weighted by molar-refractivity contribution is 0.0376. The molecular weight excluding hydrogens is 408 g/mol. The molecule has 1 fully saturated rings. The molecule has 2 aromatic heterocycles. The fourth-order valence-corrected chi connectivity index (χ4v) is 5.26. The highest BCUT2D eigenvalue weighted by molar-refractivity contribution is 7.89. The van der Waals surface area contributed by atoms with E-state index in [1.807, 2.05) is 47.8 Å². The number of para-hydroxylation sites is 1. The van der Waals surface area contributed by atoms with Gasteiger partial charge in [0.25, 0.3) is 0 Å². The van der Waals surface area contributed by atoms with Crippen molar-refractivity contribution in [2.45, 2.75) is 11.3 Å². The summed E-state index contributed by atoms with van der Waals surface area (Å²) in [5.41, 5.74) is 1.30. The topological polar surface area (TPSA) is 76.5 Å². The SMILES string of the molecule is O=S(=O)(NCCCN1CCOCC1)c1cn(-c2ccccc2)nc1-c1cccs1. The van der Waals surface area contributed by atoms with Crippen molar-refractivity contribution in [1.29, 1.82) is 0 Å². The van der Waals surface area contributed by atoms with Crippen molar-refractivity contribution in [2.24, 2.45) is 0 Å². The van der Waals surface area contributed by atoms with E-state index in [9.17, 15) is 8.42 Å². The normalized spacial score (nSPS) is 15.6. The van der Waals surface area contributed by atoms with Crippen molar-refractivity contribution in [3.63, 3.8) is 0 Å². The number of benzene rings is 1. The standard InChI is InChI=1S/C20H24N4O3S2/c25-29(26,21-9-5-10-23-11-13-27-14-12-23)19-16-24(17-6-2-1-3-7-17)22-20(19)18-8-4-15-28-18/h1-4,6-8,15-16,21H,5,9-14H2. The Morgan fingerprint density at radius 2 is 1.90 bits per heavy atom. The van der Waals surface area contributed by atoms with Gasteiger partial charge in [-0.25, -0.2) is 17.8 Å². The predicted octanol–water partition coefficient (Wildman–Crippen LogP) is 2.60. The monoisotopic (exact) mass is 432 g/mol. The molecule has 0 unspecified atom stereocenters. The lowest BCUT2D eigenvalue weighted by Crippen LogP contribution is -2.38. The van der Waals surface area contributed by atoms with Gasteiger partial charge in [-0.15, -0.1) is 11.3 Å². The zero-order valence-corrected chi connectivity index (χ0v) is 17.7. The quantitative estimate of drug-likeness (QED) is 0.554. The van der Waals surface area contributed by atoms with Crippen molar-refractivity contribution < 1.29 is 13.2 Å². The number of rotatable bonds is 8. The van der Waals surface area contributed by atoms with Gasteiger partial charge in [-0.3, -0.25) is 4.90 Å². The minimum absolute atomic E-state index is 0.204. The van der Waals surface area contributed by atoms with E-state index in [2.05, 4.69) is 14.7 Å². The molecule has 3 aromatic rings. The van der Waals surface area contributed by atoms with Crippen molar-refractivity contribution in [2.75, 3.05) is 39.4 Å². The smallest absolute Gasteiger partial charge is 0.244 e. The van der Waals surface area contributed by atoms with Crippen LogP contribution in [-0.4, -0.2) is 62.5 Å². The largest absolute Gasteiger partial charge is 0.379 e. The summed E-state index contributed by atoms with van der Waals surface area (Å²) in [6.07, 6.45) is 2.34. The van der Waals surface area contributed by atoms with Gasteiger partial charge in [0.1, 0.15) is 10.6 Å². The Hall–Kier alpha value is -2.04. The summed E-state index contributed by atoms with van der Waals surface area (Å²) in [6.45, 7) is 4.54. The van der Waals surface area contributed by atoms with Gasteiger partial charge in [0, 0.05) is 19.6 Å². The van der Waals surface area contributed by atoms with E-state index in [0.29, 0.717) is 12.2 Å². The number of nitrogens with one attached hydrogen (secondary N) is 1. The van der Waals surface area contributed by atoms with Gasteiger partial charge in [-0.1, -0.05) is 24.3 Å². The number of hydrogen-bond acceptors (Lipinski definition) is 6. The maximum Gasteiger partial charge on any atom is 0.244 e. The molecule has 1 aliphatic heterocycles. The third kappa shape index (κ3) is 4.93. The highest BCUT2D eigenvalue weighted by atomic mass is 32.2. The van der Waals surface area contributed by atoms with E-state index in [4.69, 9.17) is 4.74 Å². The van der Waals surface area contributed by atoms with Crippen LogP contribution in [0, 0.1) is 0 Å². The summed E-state index contributed by atoms with van der Waals surface area (Å²) < 4.78 is 35.8. The Kier molecular flexibility index (Phi) is 6.41. The van der Waals surface area contributed by atoms with Gasteiger partial charge in [-0.2, -0.15) is 5.10 Å². The third-order valence-corrected chi connectivity index (χ3v) is 7.13. The first-order chi connectivity index (χ1) is 14.1. The van der Waals surface area contributed by atoms with Crippen LogP contribution >= 0.6 is 11.3 Å². The van der Waals surface area contributed by atoms with E-state index < -0.39 is 10.0 Å². The molecule has 0 atom stereocenters. The van der Waals surface area contributed by atoms with Crippen molar-refractivity contribution in [1.82, 2.24) is 19.4 Å². The Morgan fingerprint density at radius 1 is 1.10 bits per heavy atom. The summed E-state index contributed by atoms with van der Waals surface area (Å²) >= 11 is 1.48. The molecule has 1 N–H and O–H groups in total. The number of sulfonamides is 1. The number of hydrogen-bond donors (Lipinski definition) is 1. The second-order valence-corrected chi connectivity index (χ2v) is 9.49. The molecule has 1 aromatic carbocycles. The molecule has 4 rings (SSSR count). The van der Waals surface area contributed by atoms with Gasteiger partial charge in [0.15, 0.2) is 0 Å². The Labute approximate surface area is 175 Å². The third-order valence-electron chi connectivity index (χ3n) is 4.79. The maximum absolute atomic E-state index is 13.1. The lowest BCUT2D eigenvalue weighted by atomic mass is 10.3. The van der Waals surface area contributed by atoms with Gasteiger partial charge in [0.05, 0.1) is 30.0 Å². The first-order valence-electron chi connectivity index (χ1n) is 9.62. The molecule has 29 heavy (non-hydrogen) atoms. The minimum Gasteiger partial charge on any atom is -0.379 e.